The van der Waals surface area contributed by atoms with Crippen LogP contribution in [0, 0.1) is 5.92 Å². The average Bonchev–Trinajstić information content (AvgIpc) is 2.27. The zero-order chi connectivity index (χ0) is 13.9. The second-order valence-electron chi connectivity index (χ2n) is 4.79. The first kappa shape index (κ1) is 15.0. The van der Waals surface area contributed by atoms with Crippen LogP contribution in [0.4, 0.5) is 13.2 Å². The maximum absolute atomic E-state index is 12.6. The van der Waals surface area contributed by atoms with E-state index in [-0.39, 0.29) is 17.9 Å². The van der Waals surface area contributed by atoms with Gasteiger partial charge >= 0.3 is 6.18 Å². The van der Waals surface area contributed by atoms with Gasteiger partial charge in [-0.1, -0.05) is 19.9 Å². The number of hydrogen-bond donors (Lipinski definition) is 1. The maximum atomic E-state index is 12.6. The zero-order valence-electron chi connectivity index (χ0n) is 11.0. The number of nitrogens with zero attached hydrogens (tertiary/aromatic N) is 1. The summed E-state index contributed by atoms with van der Waals surface area (Å²) in [6.45, 7) is 5.92. The highest BCUT2D eigenvalue weighted by Gasteiger charge is 2.33. The molecule has 0 radical (unpaired) electrons. The number of likely N-dealkylation sites (N-methyl/N-ethyl adjacent to an activating group) is 1. The van der Waals surface area contributed by atoms with Crippen molar-refractivity contribution in [2.75, 3.05) is 7.05 Å². The van der Waals surface area contributed by atoms with E-state index in [1.54, 1.807) is 13.1 Å². The predicted octanol–water partition coefficient (Wildman–Crippen LogP) is 3.45. The van der Waals surface area contributed by atoms with Crippen molar-refractivity contribution in [1.29, 1.82) is 0 Å². The van der Waals surface area contributed by atoms with Gasteiger partial charge in [0.05, 0.1) is 0 Å². The molecular weight excluding hydrogens is 241 g/mol. The molecule has 102 valence electrons. The van der Waals surface area contributed by atoms with E-state index in [9.17, 15) is 13.2 Å². The van der Waals surface area contributed by atoms with E-state index in [0.29, 0.717) is 5.69 Å². The molecule has 0 saturated heterocycles. The Morgan fingerprint density at radius 3 is 2.22 bits per heavy atom. The van der Waals surface area contributed by atoms with Crippen LogP contribution in [0.15, 0.2) is 18.2 Å². The minimum Gasteiger partial charge on any atom is -0.317 e. The molecule has 0 aliphatic carbocycles. The quantitative estimate of drug-likeness (QED) is 0.897. The molecule has 0 aromatic carbocycles. The zero-order valence-corrected chi connectivity index (χ0v) is 11.0. The summed E-state index contributed by atoms with van der Waals surface area (Å²) in [6.07, 6.45) is -4.39. The summed E-state index contributed by atoms with van der Waals surface area (Å²) in [6, 6.07) is 4.16. The lowest BCUT2D eigenvalue weighted by Crippen LogP contribution is -2.32. The number of aromatic nitrogens is 1. The fourth-order valence-electron chi connectivity index (χ4n) is 2.15. The first-order valence-electron chi connectivity index (χ1n) is 5.98. The van der Waals surface area contributed by atoms with Gasteiger partial charge in [0.15, 0.2) is 0 Å². The molecule has 0 spiro atoms. The highest BCUT2D eigenvalue weighted by atomic mass is 19.4. The minimum absolute atomic E-state index is 0.0442. The van der Waals surface area contributed by atoms with Crippen LogP contribution in [0.5, 0.6) is 0 Å². The van der Waals surface area contributed by atoms with Gasteiger partial charge in [-0.25, -0.2) is 4.98 Å². The molecule has 1 aromatic rings. The van der Waals surface area contributed by atoms with Gasteiger partial charge in [0, 0.05) is 17.7 Å². The predicted molar refractivity (Wildman–Crippen MR) is 65.3 cm³/mol. The van der Waals surface area contributed by atoms with Crippen molar-refractivity contribution >= 4 is 0 Å². The second-order valence-corrected chi connectivity index (χ2v) is 4.79. The van der Waals surface area contributed by atoms with Crippen molar-refractivity contribution in [3.63, 3.8) is 0 Å². The Morgan fingerprint density at radius 1 is 1.17 bits per heavy atom. The van der Waals surface area contributed by atoms with E-state index in [0.717, 1.165) is 6.07 Å². The molecule has 1 aromatic heterocycles. The van der Waals surface area contributed by atoms with Crippen LogP contribution in [-0.4, -0.2) is 18.1 Å². The van der Waals surface area contributed by atoms with E-state index in [1.807, 2.05) is 20.8 Å². The number of nitrogens with one attached hydrogen (secondary N) is 1. The lowest BCUT2D eigenvalue weighted by molar-refractivity contribution is -0.141. The Morgan fingerprint density at radius 2 is 1.78 bits per heavy atom. The van der Waals surface area contributed by atoms with Crippen LogP contribution in [0.2, 0.25) is 0 Å². The Bertz CT molecular complexity index is 388. The summed E-state index contributed by atoms with van der Waals surface area (Å²) < 4.78 is 37.9. The molecule has 5 heteroatoms. The minimum atomic E-state index is -4.39. The number of hydrogen-bond acceptors (Lipinski definition) is 2. The molecule has 0 amide bonds. The summed E-state index contributed by atoms with van der Waals surface area (Å²) >= 11 is 0. The normalized spacial score (nSPS) is 15.8. The molecule has 0 fully saturated rings. The molecule has 1 heterocycles. The molecule has 2 nitrogen and oxygen atoms in total. The van der Waals surface area contributed by atoms with E-state index in [1.165, 1.54) is 6.07 Å². The van der Waals surface area contributed by atoms with Crippen molar-refractivity contribution in [3.8, 4) is 0 Å². The summed E-state index contributed by atoms with van der Waals surface area (Å²) in [5, 5.41) is 3.08. The SMILES string of the molecule is CNC(C)C(c1cccc(C(F)(F)F)n1)C(C)C. The Labute approximate surface area is 106 Å². The highest BCUT2D eigenvalue weighted by Crippen LogP contribution is 2.31. The summed E-state index contributed by atoms with van der Waals surface area (Å²) in [7, 11) is 1.80. The van der Waals surface area contributed by atoms with Gasteiger partial charge in [-0.05, 0) is 32.0 Å². The first-order chi connectivity index (χ1) is 8.27. The van der Waals surface area contributed by atoms with Gasteiger partial charge in [-0.3, -0.25) is 0 Å². The monoisotopic (exact) mass is 260 g/mol. The van der Waals surface area contributed by atoms with Crippen molar-refractivity contribution in [2.45, 2.75) is 38.9 Å². The van der Waals surface area contributed by atoms with Crippen LogP contribution in [0.25, 0.3) is 0 Å². The molecule has 2 atom stereocenters. The topological polar surface area (TPSA) is 24.9 Å². The number of alkyl halides is 3. The molecular formula is C13H19F3N2. The van der Waals surface area contributed by atoms with Crippen LogP contribution < -0.4 is 5.32 Å². The van der Waals surface area contributed by atoms with Crippen LogP contribution in [0.1, 0.15) is 38.1 Å². The molecule has 2 unspecified atom stereocenters. The van der Waals surface area contributed by atoms with Crippen molar-refractivity contribution in [1.82, 2.24) is 10.3 Å². The Hall–Kier alpha value is -1.10. The third-order valence-electron chi connectivity index (χ3n) is 3.11. The van der Waals surface area contributed by atoms with Crippen LogP contribution in [-0.2, 0) is 6.18 Å². The average molecular weight is 260 g/mol. The van der Waals surface area contributed by atoms with Gasteiger partial charge in [0.1, 0.15) is 5.69 Å². The van der Waals surface area contributed by atoms with E-state index >= 15 is 0 Å². The van der Waals surface area contributed by atoms with E-state index in [2.05, 4.69) is 10.3 Å². The largest absolute Gasteiger partial charge is 0.433 e. The van der Waals surface area contributed by atoms with Gasteiger partial charge in [-0.15, -0.1) is 0 Å². The summed E-state index contributed by atoms with van der Waals surface area (Å²) in [5.41, 5.74) is -0.337. The Balaban J connectivity index is 3.14. The highest BCUT2D eigenvalue weighted by molar-refractivity contribution is 5.18. The number of pyridine rings is 1. The maximum Gasteiger partial charge on any atom is 0.433 e. The van der Waals surface area contributed by atoms with E-state index < -0.39 is 11.9 Å². The lowest BCUT2D eigenvalue weighted by Gasteiger charge is -2.27. The lowest BCUT2D eigenvalue weighted by atomic mass is 9.86. The molecule has 18 heavy (non-hydrogen) atoms. The third kappa shape index (κ3) is 3.45. The Kier molecular flexibility index (Phi) is 4.73. The van der Waals surface area contributed by atoms with Gasteiger partial charge in [0.25, 0.3) is 0 Å². The van der Waals surface area contributed by atoms with E-state index in [4.69, 9.17) is 0 Å². The second kappa shape index (κ2) is 5.69. The third-order valence-corrected chi connectivity index (χ3v) is 3.11. The fraction of sp³-hybridized carbons (Fsp3) is 0.615. The standard InChI is InChI=1S/C13H19F3N2/c1-8(2)12(9(3)17-4)10-6-5-7-11(18-10)13(14,15)16/h5-9,12,17H,1-4H3. The first-order valence-corrected chi connectivity index (χ1v) is 5.98. The molecule has 1 N–H and O–H groups in total. The van der Waals surface area contributed by atoms with Crippen molar-refractivity contribution in [3.05, 3.63) is 29.6 Å². The van der Waals surface area contributed by atoms with Crippen LogP contribution in [0.3, 0.4) is 0 Å². The molecule has 0 aliphatic rings. The number of rotatable bonds is 4. The van der Waals surface area contributed by atoms with Gasteiger partial charge in [-0.2, -0.15) is 13.2 Å². The van der Waals surface area contributed by atoms with Crippen molar-refractivity contribution < 1.29 is 13.2 Å². The number of halogens is 3. The van der Waals surface area contributed by atoms with Crippen LogP contribution >= 0.6 is 0 Å². The summed E-state index contributed by atoms with van der Waals surface area (Å²) in [4.78, 5) is 3.77. The molecule has 1 rings (SSSR count). The molecule has 0 bridgehead atoms. The summed E-state index contributed by atoms with van der Waals surface area (Å²) in [5.74, 6) is 0.167. The smallest absolute Gasteiger partial charge is 0.317 e. The van der Waals surface area contributed by atoms with Gasteiger partial charge in [0.2, 0.25) is 0 Å². The van der Waals surface area contributed by atoms with Crippen molar-refractivity contribution in [2.24, 2.45) is 5.92 Å². The fourth-order valence-corrected chi connectivity index (χ4v) is 2.15. The van der Waals surface area contributed by atoms with Gasteiger partial charge < -0.3 is 5.32 Å². The molecule has 0 aliphatic heterocycles. The molecule has 0 saturated carbocycles.